The summed E-state index contributed by atoms with van der Waals surface area (Å²) in [7, 11) is 0. The fourth-order valence-electron chi connectivity index (χ4n) is 1.54. The first-order valence-corrected chi connectivity index (χ1v) is 6.45. The van der Waals surface area contributed by atoms with E-state index in [1.807, 2.05) is 0 Å². The van der Waals surface area contributed by atoms with Crippen LogP contribution in [0.4, 0.5) is 18.9 Å². The zero-order valence-electron chi connectivity index (χ0n) is 11.2. The van der Waals surface area contributed by atoms with Gasteiger partial charge in [-0.15, -0.1) is 0 Å². The lowest BCUT2D eigenvalue weighted by Crippen LogP contribution is -2.34. The second-order valence-electron chi connectivity index (χ2n) is 4.27. The first-order chi connectivity index (χ1) is 10.8. The molecule has 0 radical (unpaired) electrons. The normalized spacial score (nSPS) is 11.1. The van der Waals surface area contributed by atoms with Crippen molar-refractivity contribution in [3.8, 4) is 0 Å². The minimum absolute atomic E-state index is 0.0275. The van der Waals surface area contributed by atoms with Crippen LogP contribution < -0.4 is 10.6 Å². The summed E-state index contributed by atoms with van der Waals surface area (Å²) >= 11 is 5.73. The molecular weight excluding hydrogens is 339 g/mol. The molecule has 23 heavy (non-hydrogen) atoms. The first-order valence-electron chi connectivity index (χ1n) is 6.07. The highest BCUT2D eigenvalue weighted by molar-refractivity contribution is 6.31. The fourth-order valence-corrected chi connectivity index (χ4v) is 1.70. The lowest BCUT2D eigenvalue weighted by atomic mass is 10.3. The van der Waals surface area contributed by atoms with Gasteiger partial charge in [0.15, 0.2) is 0 Å². The number of H-pyrrole nitrogens is 1. The number of hydrogen-bond donors (Lipinski definition) is 3. The van der Waals surface area contributed by atoms with Gasteiger partial charge in [-0.25, -0.2) is 0 Å². The molecular formula is C12H9ClF3N5O2. The van der Waals surface area contributed by atoms with E-state index in [4.69, 9.17) is 11.6 Å². The summed E-state index contributed by atoms with van der Waals surface area (Å²) in [6.07, 6.45) is -2.15. The van der Waals surface area contributed by atoms with Gasteiger partial charge in [-0.1, -0.05) is 11.6 Å². The lowest BCUT2D eigenvalue weighted by molar-refractivity contribution is -0.123. The van der Waals surface area contributed by atoms with Gasteiger partial charge in [0.25, 0.3) is 11.8 Å². The highest BCUT2D eigenvalue weighted by Crippen LogP contribution is 2.16. The molecule has 0 aliphatic rings. The molecule has 0 bridgehead atoms. The summed E-state index contributed by atoms with van der Waals surface area (Å²) in [6, 6.07) is 2.76. The van der Waals surface area contributed by atoms with Crippen LogP contribution in [0.25, 0.3) is 0 Å². The van der Waals surface area contributed by atoms with E-state index >= 15 is 0 Å². The highest BCUT2D eigenvalue weighted by atomic mass is 35.5. The minimum Gasteiger partial charge on any atom is -0.342 e. The van der Waals surface area contributed by atoms with Crippen LogP contribution >= 0.6 is 11.6 Å². The number of hydrogen-bond acceptors (Lipinski definition) is 4. The predicted molar refractivity (Wildman–Crippen MR) is 74.2 cm³/mol. The molecule has 0 unspecified atom stereocenters. The van der Waals surface area contributed by atoms with Crippen LogP contribution in [0.2, 0.25) is 5.02 Å². The van der Waals surface area contributed by atoms with Crippen molar-refractivity contribution in [2.75, 3.05) is 11.9 Å². The Kier molecular flexibility index (Phi) is 4.84. The Labute approximate surface area is 132 Å². The Morgan fingerprint density at radius 2 is 2.04 bits per heavy atom. The topological polar surface area (TPSA) is 99.8 Å². The Hall–Kier alpha value is -2.62. The van der Waals surface area contributed by atoms with E-state index in [0.717, 1.165) is 6.20 Å². The van der Waals surface area contributed by atoms with Crippen molar-refractivity contribution in [1.29, 1.82) is 0 Å². The molecule has 0 aliphatic carbocycles. The number of halogens is 4. The molecule has 0 atom stereocenters. The first kappa shape index (κ1) is 16.7. The fraction of sp³-hybridized carbons (Fsp3) is 0.167. The van der Waals surface area contributed by atoms with E-state index in [0.29, 0.717) is 0 Å². The molecule has 0 aromatic carbocycles. The third-order valence-corrected chi connectivity index (χ3v) is 2.75. The van der Waals surface area contributed by atoms with E-state index in [1.165, 1.54) is 18.3 Å². The van der Waals surface area contributed by atoms with Gasteiger partial charge in [-0.05, 0) is 12.1 Å². The zero-order chi connectivity index (χ0) is 17.0. The number of carbonyl (C=O) groups is 2. The Morgan fingerprint density at radius 1 is 1.30 bits per heavy atom. The van der Waals surface area contributed by atoms with Crippen LogP contribution in [0.5, 0.6) is 0 Å². The number of anilines is 1. The average molecular weight is 348 g/mol. The van der Waals surface area contributed by atoms with E-state index in [-0.39, 0.29) is 22.1 Å². The van der Waals surface area contributed by atoms with Gasteiger partial charge >= 0.3 is 6.18 Å². The van der Waals surface area contributed by atoms with Gasteiger partial charge in [0.05, 0.1) is 11.9 Å². The van der Waals surface area contributed by atoms with Crippen LogP contribution in [0.1, 0.15) is 21.0 Å². The van der Waals surface area contributed by atoms with Crippen molar-refractivity contribution in [2.45, 2.75) is 6.18 Å². The molecule has 2 amide bonds. The second-order valence-corrected chi connectivity index (χ2v) is 4.71. The number of nitrogens with one attached hydrogen (secondary N) is 3. The maximum atomic E-state index is 12.1. The monoisotopic (exact) mass is 347 g/mol. The molecule has 11 heteroatoms. The molecule has 2 aromatic heterocycles. The minimum atomic E-state index is -4.55. The molecule has 2 rings (SSSR count). The third-order valence-electron chi connectivity index (χ3n) is 2.52. The average Bonchev–Trinajstić information content (AvgIpc) is 2.92. The van der Waals surface area contributed by atoms with Crippen molar-refractivity contribution >= 4 is 29.1 Å². The predicted octanol–water partition coefficient (Wildman–Crippen LogP) is 2.00. The van der Waals surface area contributed by atoms with Crippen molar-refractivity contribution in [1.82, 2.24) is 20.5 Å². The van der Waals surface area contributed by atoms with Crippen LogP contribution in [0, 0.1) is 0 Å². The van der Waals surface area contributed by atoms with Crippen molar-refractivity contribution in [3.63, 3.8) is 0 Å². The smallest absolute Gasteiger partial charge is 0.342 e. The number of aromatic nitrogens is 3. The van der Waals surface area contributed by atoms with Gasteiger partial charge in [0.2, 0.25) is 0 Å². The number of rotatable bonds is 4. The summed E-state index contributed by atoms with van der Waals surface area (Å²) in [6.45, 7) is -1.51. The number of carbonyl (C=O) groups excluding carboxylic acids is 2. The van der Waals surface area contributed by atoms with E-state index in [9.17, 15) is 22.8 Å². The van der Waals surface area contributed by atoms with Crippen molar-refractivity contribution in [2.24, 2.45) is 0 Å². The summed E-state index contributed by atoms with van der Waals surface area (Å²) in [5.41, 5.74) is -0.429. The number of alkyl halides is 3. The Bertz CT molecular complexity index is 731. The highest BCUT2D eigenvalue weighted by Gasteiger charge is 2.29. The van der Waals surface area contributed by atoms with Gasteiger partial charge in [-0.2, -0.15) is 18.3 Å². The number of amides is 2. The third kappa shape index (κ3) is 4.68. The summed E-state index contributed by atoms with van der Waals surface area (Å²) in [5, 5.41) is 10.0. The molecule has 0 saturated heterocycles. The number of nitrogens with zero attached hydrogens (tertiary/aromatic N) is 2. The van der Waals surface area contributed by atoms with E-state index < -0.39 is 24.5 Å². The summed E-state index contributed by atoms with van der Waals surface area (Å²) in [4.78, 5) is 27.4. The maximum Gasteiger partial charge on any atom is 0.405 e. The van der Waals surface area contributed by atoms with Gasteiger partial charge < -0.3 is 10.6 Å². The molecule has 122 valence electrons. The van der Waals surface area contributed by atoms with Crippen LogP contribution in [-0.2, 0) is 0 Å². The van der Waals surface area contributed by atoms with Gasteiger partial charge in [0, 0.05) is 11.2 Å². The molecule has 0 spiro atoms. The quantitative estimate of drug-likeness (QED) is 0.787. The number of aromatic amines is 1. The molecule has 7 nitrogen and oxygen atoms in total. The largest absolute Gasteiger partial charge is 0.405 e. The maximum absolute atomic E-state index is 12.1. The van der Waals surface area contributed by atoms with Gasteiger partial charge in [0.1, 0.15) is 17.9 Å². The molecule has 0 fully saturated rings. The Balaban J connectivity index is 2.09. The van der Waals surface area contributed by atoms with Crippen LogP contribution in [0.3, 0.4) is 0 Å². The number of pyridine rings is 1. The SMILES string of the molecule is O=C(Nc1cn[nH]c1C(=O)NCC(F)(F)F)c1cc(Cl)ccn1. The lowest BCUT2D eigenvalue weighted by Gasteiger charge is -2.09. The van der Waals surface area contributed by atoms with Crippen LogP contribution in [-0.4, -0.2) is 39.7 Å². The summed E-state index contributed by atoms with van der Waals surface area (Å²) < 4.78 is 36.3. The molecule has 0 aliphatic heterocycles. The Morgan fingerprint density at radius 3 is 2.70 bits per heavy atom. The standard InChI is InChI=1S/C12H9ClF3N5O2/c13-6-1-2-17-7(3-6)10(22)20-8-4-19-21-9(8)11(23)18-5-12(14,15)16/h1-4H,5H2,(H,18,23)(H,19,21)(H,20,22). The molecule has 0 saturated carbocycles. The molecule has 3 N–H and O–H groups in total. The van der Waals surface area contributed by atoms with Crippen LogP contribution in [0.15, 0.2) is 24.5 Å². The van der Waals surface area contributed by atoms with E-state index in [1.54, 1.807) is 5.32 Å². The van der Waals surface area contributed by atoms with Crippen molar-refractivity contribution < 1.29 is 22.8 Å². The van der Waals surface area contributed by atoms with Crippen molar-refractivity contribution in [3.05, 3.63) is 40.9 Å². The zero-order valence-corrected chi connectivity index (χ0v) is 12.0. The van der Waals surface area contributed by atoms with E-state index in [2.05, 4.69) is 20.5 Å². The van der Waals surface area contributed by atoms with Gasteiger partial charge in [-0.3, -0.25) is 19.7 Å². The molecule has 2 heterocycles. The second kappa shape index (κ2) is 6.65. The molecule has 2 aromatic rings. The summed E-state index contributed by atoms with van der Waals surface area (Å²) in [5.74, 6) is -1.76.